The second kappa shape index (κ2) is 8.70. The first-order valence-electron chi connectivity index (χ1n) is 9.16. The van der Waals surface area contributed by atoms with Gasteiger partial charge in [-0.25, -0.2) is 4.39 Å². The highest BCUT2D eigenvalue weighted by atomic mass is 19.1. The lowest BCUT2D eigenvalue weighted by atomic mass is 10.1. The van der Waals surface area contributed by atoms with Crippen LogP contribution in [0.2, 0.25) is 0 Å². The van der Waals surface area contributed by atoms with Crippen LogP contribution in [0.1, 0.15) is 50.2 Å². The number of allylic oxidation sites excluding steroid dienone is 1. The van der Waals surface area contributed by atoms with Crippen LogP contribution in [-0.4, -0.2) is 6.61 Å². The molecule has 0 radical (unpaired) electrons. The zero-order valence-corrected chi connectivity index (χ0v) is 14.8. The van der Waals surface area contributed by atoms with Crippen molar-refractivity contribution in [2.24, 2.45) is 0 Å². The zero-order valence-electron chi connectivity index (χ0n) is 14.8. The van der Waals surface area contributed by atoms with Crippen LogP contribution in [0, 0.1) is 5.82 Å². The average Bonchev–Trinajstić information content (AvgIpc) is 2.73. The molecule has 1 aliphatic rings. The maximum Gasteiger partial charge on any atom is 0.133 e. The van der Waals surface area contributed by atoms with Gasteiger partial charge in [-0.2, -0.15) is 0 Å². The molecule has 2 nitrogen and oxygen atoms in total. The fourth-order valence-corrected chi connectivity index (χ4v) is 2.94. The third-order valence-corrected chi connectivity index (χ3v) is 4.41. The highest BCUT2D eigenvalue weighted by Crippen LogP contribution is 2.30. The summed E-state index contributed by atoms with van der Waals surface area (Å²) in [5.41, 5.74) is 1.66. The van der Waals surface area contributed by atoms with Gasteiger partial charge < -0.3 is 9.47 Å². The lowest BCUT2D eigenvalue weighted by Crippen LogP contribution is -2.00. The molecule has 25 heavy (non-hydrogen) atoms. The van der Waals surface area contributed by atoms with E-state index in [1.165, 1.54) is 6.07 Å². The molecule has 0 aliphatic carbocycles. The van der Waals surface area contributed by atoms with E-state index in [2.05, 4.69) is 13.0 Å². The Labute approximate surface area is 149 Å². The molecule has 3 rings (SSSR count). The second-order valence-corrected chi connectivity index (χ2v) is 6.36. The van der Waals surface area contributed by atoms with Crippen LogP contribution in [0.25, 0.3) is 5.76 Å². The number of hydrogen-bond donors (Lipinski definition) is 0. The van der Waals surface area contributed by atoms with E-state index in [4.69, 9.17) is 9.47 Å². The van der Waals surface area contributed by atoms with Gasteiger partial charge in [0.15, 0.2) is 0 Å². The lowest BCUT2D eigenvalue weighted by molar-refractivity contribution is 0.309. The number of benzene rings is 2. The Hall–Kier alpha value is -2.29. The molecule has 132 valence electrons. The van der Waals surface area contributed by atoms with E-state index in [-0.39, 0.29) is 5.82 Å². The van der Waals surface area contributed by atoms with Crippen LogP contribution in [0.15, 0.2) is 48.5 Å². The summed E-state index contributed by atoms with van der Waals surface area (Å²) in [6.45, 7) is 2.88. The minimum Gasteiger partial charge on any atom is -0.494 e. The molecule has 0 atom stereocenters. The summed E-state index contributed by atoms with van der Waals surface area (Å²) in [5.74, 6) is 2.09. The predicted octanol–water partition coefficient (Wildman–Crippen LogP) is 6.15. The first-order valence-corrected chi connectivity index (χ1v) is 9.16. The topological polar surface area (TPSA) is 18.5 Å². The first-order chi connectivity index (χ1) is 12.3. The van der Waals surface area contributed by atoms with E-state index < -0.39 is 0 Å². The van der Waals surface area contributed by atoms with Crippen LogP contribution in [0.5, 0.6) is 11.5 Å². The summed E-state index contributed by atoms with van der Waals surface area (Å²) in [6, 6.07) is 13.0. The van der Waals surface area contributed by atoms with E-state index in [0.29, 0.717) is 17.7 Å². The fraction of sp³-hybridized carbons (Fsp3) is 0.364. The molecule has 2 aromatic rings. The standard InChI is InChI=1S/C22H25FO2/c1-2-3-16-24-18-14-12-17(13-15-18)21-10-6-4-5-8-19-20(23)9-7-11-22(19)25-21/h7,9-15H,2-6,8,16H2,1H3/b21-10+. The minimum absolute atomic E-state index is 0.182. The van der Waals surface area contributed by atoms with Crippen molar-refractivity contribution in [3.63, 3.8) is 0 Å². The Balaban J connectivity index is 1.80. The van der Waals surface area contributed by atoms with Crippen LogP contribution in [0.4, 0.5) is 4.39 Å². The van der Waals surface area contributed by atoms with Gasteiger partial charge in [-0.3, -0.25) is 0 Å². The highest BCUT2D eigenvalue weighted by Gasteiger charge is 2.14. The molecule has 3 heteroatoms. The molecule has 1 aliphatic heterocycles. The third kappa shape index (κ3) is 4.62. The largest absolute Gasteiger partial charge is 0.494 e. The molecule has 0 fully saturated rings. The Morgan fingerprint density at radius 3 is 2.72 bits per heavy atom. The predicted molar refractivity (Wildman–Crippen MR) is 99.4 cm³/mol. The van der Waals surface area contributed by atoms with Crippen LogP contribution in [-0.2, 0) is 6.42 Å². The van der Waals surface area contributed by atoms with Crippen molar-refractivity contribution >= 4 is 5.76 Å². The van der Waals surface area contributed by atoms with E-state index in [1.807, 2.05) is 30.3 Å². The number of hydrogen-bond acceptors (Lipinski definition) is 2. The number of unbranched alkanes of at least 4 members (excludes halogenated alkanes) is 1. The van der Waals surface area contributed by atoms with Gasteiger partial charge in [0.1, 0.15) is 23.1 Å². The van der Waals surface area contributed by atoms with Gasteiger partial charge >= 0.3 is 0 Å². The Kier molecular flexibility index (Phi) is 6.10. The lowest BCUT2D eigenvalue weighted by Gasteiger charge is -2.14. The molecule has 0 saturated heterocycles. The molecule has 0 aromatic heterocycles. The Morgan fingerprint density at radius 1 is 1.08 bits per heavy atom. The maximum absolute atomic E-state index is 14.1. The monoisotopic (exact) mass is 340 g/mol. The smallest absolute Gasteiger partial charge is 0.133 e. The van der Waals surface area contributed by atoms with Gasteiger partial charge in [-0.05, 0) is 74.6 Å². The van der Waals surface area contributed by atoms with Crippen LogP contribution >= 0.6 is 0 Å². The van der Waals surface area contributed by atoms with Gasteiger partial charge in [0.05, 0.1) is 6.61 Å². The normalized spacial score (nSPS) is 16.5. The molecule has 0 N–H and O–H groups in total. The molecule has 0 bridgehead atoms. The molecular weight excluding hydrogens is 315 g/mol. The number of fused-ring (bicyclic) bond motifs is 1. The molecule has 1 heterocycles. The molecule has 0 saturated carbocycles. The number of rotatable bonds is 5. The maximum atomic E-state index is 14.1. The van der Waals surface area contributed by atoms with Gasteiger partial charge in [-0.15, -0.1) is 0 Å². The number of halogens is 1. The highest BCUT2D eigenvalue weighted by molar-refractivity contribution is 5.63. The van der Waals surface area contributed by atoms with E-state index in [0.717, 1.165) is 55.8 Å². The van der Waals surface area contributed by atoms with Gasteiger partial charge in [0.25, 0.3) is 0 Å². The second-order valence-electron chi connectivity index (χ2n) is 6.36. The van der Waals surface area contributed by atoms with Crippen molar-refractivity contribution in [2.45, 2.75) is 45.4 Å². The molecular formula is C22H25FO2. The van der Waals surface area contributed by atoms with Crippen molar-refractivity contribution in [2.75, 3.05) is 6.61 Å². The summed E-state index contributed by atoms with van der Waals surface area (Å²) < 4.78 is 25.9. The van der Waals surface area contributed by atoms with E-state index in [1.54, 1.807) is 6.07 Å². The van der Waals surface area contributed by atoms with Crippen molar-refractivity contribution in [3.8, 4) is 11.5 Å². The fourth-order valence-electron chi connectivity index (χ4n) is 2.94. The SMILES string of the molecule is CCCCOc1ccc(/C2=C\CCCCc3c(F)cccc3O2)cc1. The minimum atomic E-state index is -0.182. The van der Waals surface area contributed by atoms with E-state index in [9.17, 15) is 4.39 Å². The molecule has 0 amide bonds. The van der Waals surface area contributed by atoms with Crippen LogP contribution < -0.4 is 9.47 Å². The van der Waals surface area contributed by atoms with Gasteiger partial charge in [-0.1, -0.05) is 19.4 Å². The number of ether oxygens (including phenoxy) is 2. The Bertz CT molecular complexity index is 719. The summed E-state index contributed by atoms with van der Waals surface area (Å²) in [4.78, 5) is 0. The first kappa shape index (κ1) is 17.5. The van der Waals surface area contributed by atoms with Crippen molar-refractivity contribution < 1.29 is 13.9 Å². The Morgan fingerprint density at radius 2 is 1.92 bits per heavy atom. The summed E-state index contributed by atoms with van der Waals surface area (Å²) >= 11 is 0. The van der Waals surface area contributed by atoms with Crippen molar-refractivity contribution in [1.82, 2.24) is 0 Å². The molecule has 0 spiro atoms. The summed E-state index contributed by atoms with van der Waals surface area (Å²) in [5, 5.41) is 0. The summed E-state index contributed by atoms with van der Waals surface area (Å²) in [6.07, 6.45) is 7.91. The van der Waals surface area contributed by atoms with Crippen LogP contribution in [0.3, 0.4) is 0 Å². The van der Waals surface area contributed by atoms with Crippen molar-refractivity contribution in [1.29, 1.82) is 0 Å². The van der Waals surface area contributed by atoms with E-state index >= 15 is 0 Å². The summed E-state index contributed by atoms with van der Waals surface area (Å²) in [7, 11) is 0. The third-order valence-electron chi connectivity index (χ3n) is 4.41. The van der Waals surface area contributed by atoms with Gasteiger partial charge in [0, 0.05) is 11.1 Å². The quantitative estimate of drug-likeness (QED) is 0.608. The van der Waals surface area contributed by atoms with Gasteiger partial charge in [0.2, 0.25) is 0 Å². The molecule has 2 aromatic carbocycles. The molecule has 0 unspecified atom stereocenters. The average molecular weight is 340 g/mol. The van der Waals surface area contributed by atoms with Crippen molar-refractivity contribution in [3.05, 3.63) is 65.5 Å². The zero-order chi connectivity index (χ0) is 17.5.